The summed E-state index contributed by atoms with van der Waals surface area (Å²) in [5.41, 5.74) is 2.93. The minimum absolute atomic E-state index is 0.0334. The van der Waals surface area contributed by atoms with Crippen LogP contribution in [0.1, 0.15) is 21.5 Å². The molecule has 0 aliphatic carbocycles. The van der Waals surface area contributed by atoms with Crippen LogP contribution in [0.4, 0.5) is 0 Å². The molecular formula is C17H17NO3. The normalized spacial score (nSPS) is 12.3. The lowest BCUT2D eigenvalue weighted by atomic mass is 10.1. The second-order valence-corrected chi connectivity index (χ2v) is 5.21. The van der Waals surface area contributed by atoms with Crippen LogP contribution in [0.3, 0.4) is 0 Å². The summed E-state index contributed by atoms with van der Waals surface area (Å²) in [6.45, 7) is 2.84. The summed E-state index contributed by atoms with van der Waals surface area (Å²) in [6, 6.07) is 13.5. The highest BCUT2D eigenvalue weighted by Crippen LogP contribution is 2.32. The number of nitrogens with zero attached hydrogens (tertiary/aromatic N) is 1. The lowest BCUT2D eigenvalue weighted by Gasteiger charge is -2.17. The molecule has 1 aliphatic rings. The molecule has 1 aliphatic heterocycles. The fourth-order valence-electron chi connectivity index (χ4n) is 2.29. The van der Waals surface area contributed by atoms with Crippen molar-refractivity contribution in [1.82, 2.24) is 4.90 Å². The number of amides is 1. The van der Waals surface area contributed by atoms with E-state index in [1.54, 1.807) is 30.1 Å². The molecule has 108 valence electrons. The number of benzene rings is 2. The van der Waals surface area contributed by atoms with E-state index in [-0.39, 0.29) is 12.7 Å². The molecule has 0 radical (unpaired) electrons. The predicted molar refractivity (Wildman–Crippen MR) is 79.5 cm³/mol. The molecule has 4 heteroatoms. The second-order valence-electron chi connectivity index (χ2n) is 5.21. The van der Waals surface area contributed by atoms with Crippen molar-refractivity contribution in [3.8, 4) is 11.5 Å². The van der Waals surface area contributed by atoms with Gasteiger partial charge in [-0.3, -0.25) is 4.79 Å². The number of aryl methyl sites for hydroxylation is 1. The van der Waals surface area contributed by atoms with Crippen molar-refractivity contribution < 1.29 is 14.3 Å². The molecule has 0 saturated carbocycles. The number of hydrogen-bond acceptors (Lipinski definition) is 3. The van der Waals surface area contributed by atoms with Gasteiger partial charge in [0.05, 0.1) is 0 Å². The van der Waals surface area contributed by atoms with Crippen molar-refractivity contribution in [3.63, 3.8) is 0 Å². The van der Waals surface area contributed by atoms with E-state index in [2.05, 4.69) is 0 Å². The van der Waals surface area contributed by atoms with Crippen LogP contribution in [0, 0.1) is 6.92 Å². The molecule has 0 bridgehead atoms. The van der Waals surface area contributed by atoms with Crippen LogP contribution in [0.15, 0.2) is 42.5 Å². The van der Waals surface area contributed by atoms with Gasteiger partial charge in [-0.15, -0.1) is 0 Å². The van der Waals surface area contributed by atoms with Crippen LogP contribution in [0.5, 0.6) is 11.5 Å². The minimum atomic E-state index is -0.0334. The smallest absolute Gasteiger partial charge is 0.254 e. The monoisotopic (exact) mass is 283 g/mol. The molecule has 21 heavy (non-hydrogen) atoms. The SMILES string of the molecule is Cc1ccc(CN(C)C(=O)c2ccc3c(c2)OCO3)cc1. The average molecular weight is 283 g/mol. The third kappa shape index (κ3) is 2.84. The lowest BCUT2D eigenvalue weighted by Crippen LogP contribution is -2.26. The van der Waals surface area contributed by atoms with Crippen LogP contribution in [-0.2, 0) is 6.54 Å². The molecule has 1 heterocycles. The number of hydrogen-bond donors (Lipinski definition) is 0. The zero-order chi connectivity index (χ0) is 14.8. The second kappa shape index (κ2) is 5.48. The zero-order valence-electron chi connectivity index (χ0n) is 12.1. The molecule has 0 unspecified atom stereocenters. The molecule has 0 spiro atoms. The number of carbonyl (C=O) groups is 1. The Labute approximate surface area is 123 Å². The fourth-order valence-corrected chi connectivity index (χ4v) is 2.29. The van der Waals surface area contributed by atoms with Gasteiger partial charge in [-0.2, -0.15) is 0 Å². The van der Waals surface area contributed by atoms with Gasteiger partial charge in [-0.05, 0) is 30.7 Å². The summed E-state index contributed by atoms with van der Waals surface area (Å²) >= 11 is 0. The van der Waals surface area contributed by atoms with Crippen LogP contribution < -0.4 is 9.47 Å². The Morgan fingerprint density at radius 2 is 1.81 bits per heavy atom. The van der Waals surface area contributed by atoms with E-state index in [1.165, 1.54) is 5.56 Å². The summed E-state index contributed by atoms with van der Waals surface area (Å²) in [7, 11) is 1.80. The fraction of sp³-hybridized carbons (Fsp3) is 0.235. The van der Waals surface area contributed by atoms with E-state index < -0.39 is 0 Å². The number of rotatable bonds is 3. The molecule has 0 N–H and O–H groups in total. The average Bonchev–Trinajstić information content (AvgIpc) is 2.96. The molecule has 0 atom stereocenters. The van der Waals surface area contributed by atoms with Gasteiger partial charge in [0, 0.05) is 19.2 Å². The maximum Gasteiger partial charge on any atom is 0.254 e. The van der Waals surface area contributed by atoms with E-state index in [9.17, 15) is 4.79 Å². The third-order valence-corrected chi connectivity index (χ3v) is 3.51. The molecule has 2 aromatic carbocycles. The van der Waals surface area contributed by atoms with Crippen LogP contribution in [0.25, 0.3) is 0 Å². The van der Waals surface area contributed by atoms with Crippen LogP contribution in [-0.4, -0.2) is 24.6 Å². The quantitative estimate of drug-likeness (QED) is 0.869. The number of ether oxygens (including phenoxy) is 2. The molecule has 4 nitrogen and oxygen atoms in total. The highest BCUT2D eigenvalue weighted by molar-refractivity contribution is 5.94. The Bertz CT molecular complexity index is 664. The van der Waals surface area contributed by atoms with Gasteiger partial charge in [0.1, 0.15) is 0 Å². The van der Waals surface area contributed by atoms with Gasteiger partial charge >= 0.3 is 0 Å². The summed E-state index contributed by atoms with van der Waals surface area (Å²) in [5, 5.41) is 0. The first-order valence-electron chi connectivity index (χ1n) is 6.84. The zero-order valence-corrected chi connectivity index (χ0v) is 12.1. The van der Waals surface area contributed by atoms with Crippen molar-refractivity contribution in [2.24, 2.45) is 0 Å². The maximum atomic E-state index is 12.4. The molecule has 2 aromatic rings. The largest absolute Gasteiger partial charge is 0.454 e. The topological polar surface area (TPSA) is 38.8 Å². The summed E-state index contributed by atoms with van der Waals surface area (Å²) in [4.78, 5) is 14.1. The van der Waals surface area contributed by atoms with Gasteiger partial charge in [-0.1, -0.05) is 29.8 Å². The summed E-state index contributed by atoms with van der Waals surface area (Å²) in [5.74, 6) is 1.28. The first-order chi connectivity index (χ1) is 10.1. The molecule has 0 saturated heterocycles. The molecule has 0 fully saturated rings. The Balaban J connectivity index is 1.73. The van der Waals surface area contributed by atoms with Crippen molar-refractivity contribution in [3.05, 3.63) is 59.2 Å². The molecular weight excluding hydrogens is 266 g/mol. The Hall–Kier alpha value is -2.49. The van der Waals surface area contributed by atoms with Gasteiger partial charge in [0.15, 0.2) is 11.5 Å². The van der Waals surface area contributed by atoms with Crippen LogP contribution in [0.2, 0.25) is 0 Å². The Morgan fingerprint density at radius 1 is 1.10 bits per heavy atom. The van der Waals surface area contributed by atoms with E-state index >= 15 is 0 Å². The van der Waals surface area contributed by atoms with Crippen molar-refractivity contribution in [2.45, 2.75) is 13.5 Å². The first-order valence-corrected chi connectivity index (χ1v) is 6.84. The van der Waals surface area contributed by atoms with Gasteiger partial charge in [-0.25, -0.2) is 0 Å². The van der Waals surface area contributed by atoms with Crippen molar-refractivity contribution in [2.75, 3.05) is 13.8 Å². The van der Waals surface area contributed by atoms with Gasteiger partial charge in [0.25, 0.3) is 5.91 Å². The standard InChI is InChI=1S/C17H17NO3/c1-12-3-5-13(6-4-12)10-18(2)17(19)14-7-8-15-16(9-14)21-11-20-15/h3-9H,10-11H2,1-2H3. The van der Waals surface area contributed by atoms with Gasteiger partial charge < -0.3 is 14.4 Å². The minimum Gasteiger partial charge on any atom is -0.454 e. The highest BCUT2D eigenvalue weighted by atomic mass is 16.7. The van der Waals surface area contributed by atoms with E-state index in [1.807, 2.05) is 31.2 Å². The maximum absolute atomic E-state index is 12.4. The summed E-state index contributed by atoms with van der Waals surface area (Å²) in [6.07, 6.45) is 0. The third-order valence-electron chi connectivity index (χ3n) is 3.51. The Morgan fingerprint density at radius 3 is 2.57 bits per heavy atom. The number of fused-ring (bicyclic) bond motifs is 1. The Kier molecular flexibility index (Phi) is 3.52. The summed E-state index contributed by atoms with van der Waals surface area (Å²) < 4.78 is 10.6. The first kappa shape index (κ1) is 13.5. The molecule has 1 amide bonds. The predicted octanol–water partition coefficient (Wildman–Crippen LogP) is 3.00. The van der Waals surface area contributed by atoms with Crippen molar-refractivity contribution in [1.29, 1.82) is 0 Å². The number of carbonyl (C=O) groups excluding carboxylic acids is 1. The van der Waals surface area contributed by atoms with E-state index in [0.29, 0.717) is 23.6 Å². The molecule has 0 aromatic heterocycles. The lowest BCUT2D eigenvalue weighted by molar-refractivity contribution is 0.0784. The highest BCUT2D eigenvalue weighted by Gasteiger charge is 2.18. The van der Waals surface area contributed by atoms with E-state index in [0.717, 1.165) is 5.56 Å². The van der Waals surface area contributed by atoms with Crippen LogP contribution >= 0.6 is 0 Å². The van der Waals surface area contributed by atoms with E-state index in [4.69, 9.17) is 9.47 Å². The molecule has 3 rings (SSSR count). The van der Waals surface area contributed by atoms with Crippen molar-refractivity contribution >= 4 is 5.91 Å². The van der Waals surface area contributed by atoms with Gasteiger partial charge in [0.2, 0.25) is 6.79 Å².